The second kappa shape index (κ2) is 4.97. The number of oxime groups is 1. The summed E-state index contributed by atoms with van der Waals surface area (Å²) < 4.78 is 26.0. The lowest BCUT2D eigenvalue weighted by Crippen LogP contribution is -2.17. The highest BCUT2D eigenvalue weighted by Gasteiger charge is 2.27. The standard InChI is InChI=1S/C12H16N2O3S/c1-9(13-15)11-4-6-12(7-5-11)14-18(16,17)8-10-2-3-10/h4-7,10,14-15H,2-3,8H2,1H3. The predicted octanol–water partition coefficient (Wildman–Crippen LogP) is 2.04. The van der Waals surface area contributed by atoms with Gasteiger partial charge < -0.3 is 5.21 Å². The van der Waals surface area contributed by atoms with E-state index < -0.39 is 10.0 Å². The third kappa shape index (κ3) is 3.46. The molecule has 1 saturated carbocycles. The molecular formula is C12H16N2O3S. The second-order valence-corrected chi connectivity index (χ2v) is 6.36. The number of rotatable bonds is 5. The molecule has 1 aliphatic carbocycles. The molecular weight excluding hydrogens is 252 g/mol. The van der Waals surface area contributed by atoms with Crippen LogP contribution in [0.5, 0.6) is 0 Å². The fourth-order valence-corrected chi connectivity index (χ4v) is 3.19. The summed E-state index contributed by atoms with van der Waals surface area (Å²) >= 11 is 0. The Morgan fingerprint density at radius 3 is 2.50 bits per heavy atom. The van der Waals surface area contributed by atoms with Crippen LogP contribution in [0.4, 0.5) is 5.69 Å². The third-order valence-electron chi connectivity index (χ3n) is 2.88. The van der Waals surface area contributed by atoms with Gasteiger partial charge in [-0.3, -0.25) is 4.72 Å². The Morgan fingerprint density at radius 2 is 2.00 bits per heavy atom. The largest absolute Gasteiger partial charge is 0.411 e. The maximum absolute atomic E-state index is 11.8. The first kappa shape index (κ1) is 12.9. The molecule has 1 aromatic rings. The molecule has 0 bridgehead atoms. The first-order chi connectivity index (χ1) is 8.50. The number of hydrogen-bond donors (Lipinski definition) is 2. The van der Waals surface area contributed by atoms with Gasteiger partial charge in [0.05, 0.1) is 11.5 Å². The number of benzene rings is 1. The van der Waals surface area contributed by atoms with Gasteiger partial charge in [-0.2, -0.15) is 0 Å². The summed E-state index contributed by atoms with van der Waals surface area (Å²) in [6.45, 7) is 1.67. The van der Waals surface area contributed by atoms with Crippen molar-refractivity contribution in [2.45, 2.75) is 19.8 Å². The molecule has 1 aliphatic rings. The van der Waals surface area contributed by atoms with E-state index in [0.717, 1.165) is 18.4 Å². The van der Waals surface area contributed by atoms with Crippen molar-refractivity contribution in [3.63, 3.8) is 0 Å². The van der Waals surface area contributed by atoms with Gasteiger partial charge in [-0.15, -0.1) is 0 Å². The molecule has 0 aromatic heterocycles. The van der Waals surface area contributed by atoms with Gasteiger partial charge in [0.1, 0.15) is 0 Å². The summed E-state index contributed by atoms with van der Waals surface area (Å²) in [6.07, 6.45) is 2.01. The van der Waals surface area contributed by atoms with Crippen LogP contribution in [-0.4, -0.2) is 25.1 Å². The quantitative estimate of drug-likeness (QED) is 0.487. The zero-order valence-electron chi connectivity index (χ0n) is 10.1. The van der Waals surface area contributed by atoms with Gasteiger partial charge in [-0.1, -0.05) is 17.3 Å². The highest BCUT2D eigenvalue weighted by Crippen LogP contribution is 2.30. The molecule has 2 rings (SSSR count). The van der Waals surface area contributed by atoms with E-state index in [4.69, 9.17) is 5.21 Å². The molecule has 0 saturated heterocycles. The van der Waals surface area contributed by atoms with Gasteiger partial charge in [0.25, 0.3) is 0 Å². The number of anilines is 1. The number of nitrogens with one attached hydrogen (secondary N) is 1. The smallest absolute Gasteiger partial charge is 0.232 e. The summed E-state index contributed by atoms with van der Waals surface area (Å²) in [4.78, 5) is 0. The molecule has 1 fully saturated rings. The number of hydrogen-bond acceptors (Lipinski definition) is 4. The van der Waals surface area contributed by atoms with Crippen molar-refractivity contribution < 1.29 is 13.6 Å². The Morgan fingerprint density at radius 1 is 1.39 bits per heavy atom. The average molecular weight is 268 g/mol. The highest BCUT2D eigenvalue weighted by atomic mass is 32.2. The molecule has 1 aromatic carbocycles. The minimum atomic E-state index is -3.24. The third-order valence-corrected chi connectivity index (χ3v) is 4.34. The molecule has 0 aliphatic heterocycles. The van der Waals surface area contributed by atoms with Gasteiger partial charge in [-0.25, -0.2) is 8.42 Å². The van der Waals surface area contributed by atoms with Crippen LogP contribution in [0.2, 0.25) is 0 Å². The Balaban J connectivity index is 2.05. The van der Waals surface area contributed by atoms with E-state index in [2.05, 4.69) is 9.88 Å². The van der Waals surface area contributed by atoms with E-state index in [0.29, 0.717) is 17.3 Å². The van der Waals surface area contributed by atoms with Crippen LogP contribution in [0.25, 0.3) is 0 Å². The highest BCUT2D eigenvalue weighted by molar-refractivity contribution is 7.92. The first-order valence-electron chi connectivity index (χ1n) is 5.80. The zero-order chi connectivity index (χ0) is 13.2. The van der Waals surface area contributed by atoms with Crippen LogP contribution < -0.4 is 4.72 Å². The van der Waals surface area contributed by atoms with Crippen molar-refractivity contribution >= 4 is 21.4 Å². The lowest BCUT2D eigenvalue weighted by atomic mass is 10.1. The molecule has 0 amide bonds. The zero-order valence-corrected chi connectivity index (χ0v) is 10.9. The maximum atomic E-state index is 11.8. The number of sulfonamides is 1. The molecule has 6 heteroatoms. The van der Waals surface area contributed by atoms with Crippen LogP contribution in [0, 0.1) is 5.92 Å². The van der Waals surface area contributed by atoms with E-state index >= 15 is 0 Å². The normalized spacial score (nSPS) is 16.6. The molecule has 18 heavy (non-hydrogen) atoms. The lowest BCUT2D eigenvalue weighted by molar-refractivity contribution is 0.319. The topological polar surface area (TPSA) is 78.8 Å². The van der Waals surface area contributed by atoms with Gasteiger partial charge in [0, 0.05) is 5.69 Å². The van der Waals surface area contributed by atoms with Crippen molar-refractivity contribution in [2.24, 2.45) is 11.1 Å². The summed E-state index contributed by atoms with van der Waals surface area (Å²) in [5.41, 5.74) is 1.77. The number of nitrogens with zero attached hydrogens (tertiary/aromatic N) is 1. The summed E-state index contributed by atoms with van der Waals surface area (Å²) in [6, 6.07) is 6.75. The molecule has 5 nitrogen and oxygen atoms in total. The Bertz CT molecular complexity index is 545. The summed E-state index contributed by atoms with van der Waals surface area (Å²) in [7, 11) is -3.24. The Labute approximate surface area is 107 Å². The molecule has 0 radical (unpaired) electrons. The fraction of sp³-hybridized carbons (Fsp3) is 0.417. The van der Waals surface area contributed by atoms with E-state index in [1.54, 1.807) is 31.2 Å². The molecule has 98 valence electrons. The van der Waals surface area contributed by atoms with Crippen LogP contribution in [-0.2, 0) is 10.0 Å². The molecule has 0 spiro atoms. The van der Waals surface area contributed by atoms with Gasteiger partial charge in [0.2, 0.25) is 10.0 Å². The predicted molar refractivity (Wildman–Crippen MR) is 70.6 cm³/mol. The van der Waals surface area contributed by atoms with E-state index in [1.807, 2.05) is 0 Å². The molecule has 0 heterocycles. The van der Waals surface area contributed by atoms with Crippen LogP contribution >= 0.6 is 0 Å². The van der Waals surface area contributed by atoms with E-state index in [1.165, 1.54) is 0 Å². The van der Waals surface area contributed by atoms with Crippen molar-refractivity contribution in [3.05, 3.63) is 29.8 Å². The summed E-state index contributed by atoms with van der Waals surface area (Å²) in [5, 5.41) is 11.7. The minimum Gasteiger partial charge on any atom is -0.411 e. The monoisotopic (exact) mass is 268 g/mol. The Kier molecular flexibility index (Phi) is 3.56. The van der Waals surface area contributed by atoms with Gasteiger partial charge in [0.15, 0.2) is 0 Å². The maximum Gasteiger partial charge on any atom is 0.232 e. The molecule has 0 atom stereocenters. The minimum absolute atomic E-state index is 0.200. The van der Waals surface area contributed by atoms with Crippen LogP contribution in [0.15, 0.2) is 29.4 Å². The molecule has 2 N–H and O–H groups in total. The summed E-state index contributed by atoms with van der Waals surface area (Å²) in [5.74, 6) is 0.525. The van der Waals surface area contributed by atoms with Crippen LogP contribution in [0.3, 0.4) is 0 Å². The SMILES string of the molecule is CC(=NO)c1ccc(NS(=O)(=O)CC2CC2)cc1. The van der Waals surface area contributed by atoms with Crippen molar-refractivity contribution in [1.29, 1.82) is 0 Å². The lowest BCUT2D eigenvalue weighted by Gasteiger charge is -2.08. The molecule has 0 unspecified atom stereocenters. The Hall–Kier alpha value is -1.56. The second-order valence-electron chi connectivity index (χ2n) is 4.59. The van der Waals surface area contributed by atoms with Gasteiger partial charge >= 0.3 is 0 Å². The van der Waals surface area contributed by atoms with Crippen molar-refractivity contribution in [1.82, 2.24) is 0 Å². The first-order valence-corrected chi connectivity index (χ1v) is 7.45. The fourth-order valence-electron chi connectivity index (χ4n) is 1.65. The van der Waals surface area contributed by atoms with Crippen LogP contribution in [0.1, 0.15) is 25.3 Å². The van der Waals surface area contributed by atoms with E-state index in [9.17, 15) is 8.42 Å². The van der Waals surface area contributed by atoms with Gasteiger partial charge in [-0.05, 0) is 43.4 Å². The van der Waals surface area contributed by atoms with Crippen molar-refractivity contribution in [2.75, 3.05) is 10.5 Å². The van der Waals surface area contributed by atoms with E-state index in [-0.39, 0.29) is 5.75 Å². The average Bonchev–Trinajstić information content (AvgIpc) is 3.11. The van der Waals surface area contributed by atoms with Crippen molar-refractivity contribution in [3.8, 4) is 0 Å².